The molecule has 0 aromatic carbocycles. The van der Waals surface area contributed by atoms with E-state index in [9.17, 15) is 23.3 Å². The molecule has 0 bridgehead atoms. The Morgan fingerprint density at radius 3 is 2.70 bits per heavy atom. The second kappa shape index (κ2) is 6.43. The number of rotatable bonds is 7. The summed E-state index contributed by atoms with van der Waals surface area (Å²) in [5.74, 6) is -0.989. The smallest absolute Gasteiger partial charge is 0.381 e. The van der Waals surface area contributed by atoms with E-state index in [1.54, 1.807) is 0 Å². The molecule has 0 aliphatic heterocycles. The van der Waals surface area contributed by atoms with Gasteiger partial charge in [-0.2, -0.15) is 8.42 Å². The lowest BCUT2D eigenvalue weighted by atomic mass is 10.3. The van der Waals surface area contributed by atoms with Crippen LogP contribution >= 0.6 is 0 Å². The molecule has 0 saturated heterocycles. The largest absolute Gasteiger partial charge is 0.458 e. The van der Waals surface area contributed by atoms with Crippen LogP contribution in [0.1, 0.15) is 6.92 Å². The molecule has 0 aliphatic carbocycles. The predicted octanol–water partition coefficient (Wildman–Crippen LogP) is -0.301. The zero-order valence-corrected chi connectivity index (χ0v) is 11.6. The molecule has 1 atom stereocenters. The minimum atomic E-state index is -3.68. The van der Waals surface area contributed by atoms with Crippen LogP contribution in [0.25, 0.3) is 0 Å². The highest BCUT2D eigenvalue weighted by Gasteiger charge is 2.19. The lowest BCUT2D eigenvalue weighted by Crippen LogP contribution is -2.28. The first-order chi connectivity index (χ1) is 9.17. The summed E-state index contributed by atoms with van der Waals surface area (Å²) in [4.78, 5) is 24.2. The van der Waals surface area contributed by atoms with Crippen molar-refractivity contribution in [2.45, 2.75) is 19.6 Å². The third-order valence-corrected chi connectivity index (χ3v) is 2.59. The number of carbonyl (C=O) groups excluding carboxylic acids is 1. The Morgan fingerprint density at radius 1 is 1.60 bits per heavy atom. The average Bonchev–Trinajstić information content (AvgIpc) is 2.73. The molecule has 0 N–H and O–H groups in total. The summed E-state index contributed by atoms with van der Waals surface area (Å²) in [5.41, 5.74) is 0. The van der Waals surface area contributed by atoms with Crippen molar-refractivity contribution in [3.8, 4) is 0 Å². The summed E-state index contributed by atoms with van der Waals surface area (Å²) < 4.78 is 32.5. The van der Waals surface area contributed by atoms with Crippen LogP contribution in [0, 0.1) is 10.1 Å². The number of imidazole rings is 1. The monoisotopic (exact) mass is 307 g/mol. The standard InChI is InChI=1S/C9H13N3O7S/c1-7(13)19-8(5-18-20(2,16)17)3-11-4-9(10-6-11)12(14)15/h4,6,8H,3,5H2,1-2H3. The van der Waals surface area contributed by atoms with Crippen molar-refractivity contribution in [1.82, 2.24) is 9.55 Å². The van der Waals surface area contributed by atoms with Gasteiger partial charge in [0.05, 0.1) is 12.8 Å². The zero-order valence-electron chi connectivity index (χ0n) is 10.8. The molecule has 10 nitrogen and oxygen atoms in total. The van der Waals surface area contributed by atoms with E-state index in [4.69, 9.17) is 4.74 Å². The Morgan fingerprint density at radius 2 is 2.25 bits per heavy atom. The second-order valence-electron chi connectivity index (χ2n) is 3.91. The Kier molecular flexibility index (Phi) is 5.16. The van der Waals surface area contributed by atoms with Crippen LogP contribution in [0.5, 0.6) is 0 Å². The van der Waals surface area contributed by atoms with Crippen LogP contribution in [0.2, 0.25) is 0 Å². The van der Waals surface area contributed by atoms with E-state index >= 15 is 0 Å². The number of ether oxygens (including phenoxy) is 1. The van der Waals surface area contributed by atoms with Gasteiger partial charge in [-0.3, -0.25) is 8.98 Å². The third kappa shape index (κ3) is 5.75. The van der Waals surface area contributed by atoms with E-state index in [2.05, 4.69) is 9.17 Å². The molecule has 0 radical (unpaired) electrons. The Hall–Kier alpha value is -2.01. The first kappa shape index (κ1) is 16.0. The average molecular weight is 307 g/mol. The summed E-state index contributed by atoms with van der Waals surface area (Å²) >= 11 is 0. The van der Waals surface area contributed by atoms with Gasteiger partial charge in [0, 0.05) is 6.92 Å². The van der Waals surface area contributed by atoms with E-state index in [0.29, 0.717) is 0 Å². The first-order valence-corrected chi connectivity index (χ1v) is 7.17. The lowest BCUT2D eigenvalue weighted by molar-refractivity contribution is -0.389. The summed E-state index contributed by atoms with van der Waals surface area (Å²) in [6.45, 7) is 0.754. The van der Waals surface area contributed by atoms with Gasteiger partial charge in [0.15, 0.2) is 0 Å². The van der Waals surface area contributed by atoms with Gasteiger partial charge in [-0.15, -0.1) is 0 Å². The van der Waals surface area contributed by atoms with Gasteiger partial charge >= 0.3 is 11.8 Å². The Bertz CT molecular complexity index is 594. The predicted molar refractivity (Wildman–Crippen MR) is 65.2 cm³/mol. The number of hydrogen-bond acceptors (Lipinski definition) is 8. The van der Waals surface area contributed by atoms with Crippen molar-refractivity contribution in [1.29, 1.82) is 0 Å². The van der Waals surface area contributed by atoms with Gasteiger partial charge in [-0.05, 0) is 9.91 Å². The Balaban J connectivity index is 2.72. The molecule has 1 heterocycles. The maximum Gasteiger partial charge on any atom is 0.381 e. The summed E-state index contributed by atoms with van der Waals surface area (Å²) in [7, 11) is -3.68. The van der Waals surface area contributed by atoms with Crippen LogP contribution in [-0.2, 0) is 30.4 Å². The molecule has 11 heteroatoms. The Labute approximate surface area is 114 Å². The minimum absolute atomic E-state index is 0.0179. The van der Waals surface area contributed by atoms with Gasteiger partial charge in [0.1, 0.15) is 18.9 Å². The molecular formula is C9H13N3O7S. The molecule has 1 aromatic rings. The van der Waals surface area contributed by atoms with Gasteiger partial charge in [-0.1, -0.05) is 0 Å². The van der Waals surface area contributed by atoms with E-state index in [0.717, 1.165) is 19.4 Å². The third-order valence-electron chi connectivity index (χ3n) is 2.02. The van der Waals surface area contributed by atoms with E-state index < -0.39 is 27.1 Å². The fourth-order valence-electron chi connectivity index (χ4n) is 1.34. The van der Waals surface area contributed by atoms with Crippen molar-refractivity contribution in [3.63, 3.8) is 0 Å². The van der Waals surface area contributed by atoms with Gasteiger partial charge in [0.2, 0.25) is 6.33 Å². The topological polar surface area (TPSA) is 131 Å². The zero-order chi connectivity index (χ0) is 15.3. The van der Waals surface area contributed by atoms with Crippen molar-refractivity contribution < 1.29 is 27.1 Å². The maximum atomic E-state index is 10.9. The summed E-state index contributed by atoms with van der Waals surface area (Å²) in [5, 5.41) is 10.5. The number of nitrogens with zero attached hydrogens (tertiary/aromatic N) is 3. The second-order valence-corrected chi connectivity index (χ2v) is 5.55. The van der Waals surface area contributed by atoms with Gasteiger partial charge in [0.25, 0.3) is 10.1 Å². The van der Waals surface area contributed by atoms with Crippen molar-refractivity contribution in [2.24, 2.45) is 0 Å². The highest BCUT2D eigenvalue weighted by Crippen LogP contribution is 2.08. The van der Waals surface area contributed by atoms with Gasteiger partial charge in [-0.25, -0.2) is 0 Å². The number of carbonyl (C=O) groups is 1. The first-order valence-electron chi connectivity index (χ1n) is 5.35. The highest BCUT2D eigenvalue weighted by molar-refractivity contribution is 7.85. The molecule has 112 valence electrons. The fraction of sp³-hybridized carbons (Fsp3) is 0.556. The van der Waals surface area contributed by atoms with Crippen LogP contribution in [-0.4, -0.2) is 47.8 Å². The van der Waals surface area contributed by atoms with Gasteiger partial charge < -0.3 is 19.4 Å². The molecule has 0 saturated carbocycles. The molecular weight excluding hydrogens is 294 g/mol. The van der Waals surface area contributed by atoms with Crippen molar-refractivity contribution in [2.75, 3.05) is 12.9 Å². The van der Waals surface area contributed by atoms with Crippen molar-refractivity contribution >= 4 is 21.9 Å². The van der Waals surface area contributed by atoms with Crippen LogP contribution in [0.15, 0.2) is 12.5 Å². The molecule has 20 heavy (non-hydrogen) atoms. The number of nitro groups is 1. The lowest BCUT2D eigenvalue weighted by Gasteiger charge is -2.16. The number of esters is 1. The number of hydrogen-bond donors (Lipinski definition) is 0. The maximum absolute atomic E-state index is 10.9. The number of aromatic nitrogens is 2. The fourth-order valence-corrected chi connectivity index (χ4v) is 1.73. The van der Waals surface area contributed by atoms with Crippen LogP contribution in [0.4, 0.5) is 5.82 Å². The minimum Gasteiger partial charge on any atom is -0.458 e. The molecule has 0 amide bonds. The molecule has 0 aliphatic rings. The van der Waals surface area contributed by atoms with Crippen LogP contribution in [0.3, 0.4) is 0 Å². The quantitative estimate of drug-likeness (QED) is 0.290. The van der Waals surface area contributed by atoms with Crippen molar-refractivity contribution in [3.05, 3.63) is 22.6 Å². The van der Waals surface area contributed by atoms with E-state index in [-0.39, 0.29) is 19.0 Å². The van der Waals surface area contributed by atoms with Crippen LogP contribution < -0.4 is 0 Å². The molecule has 1 rings (SSSR count). The summed E-state index contributed by atoms with van der Waals surface area (Å²) in [6, 6.07) is 0. The molecule has 0 fully saturated rings. The van der Waals surface area contributed by atoms with E-state index in [1.807, 2.05) is 0 Å². The molecule has 1 unspecified atom stereocenters. The normalized spacial score (nSPS) is 12.9. The SMILES string of the molecule is CC(=O)OC(COS(C)(=O)=O)Cn1cnc([N+](=O)[O-])c1. The summed E-state index contributed by atoms with van der Waals surface area (Å²) in [6.07, 6.45) is 2.27. The highest BCUT2D eigenvalue weighted by atomic mass is 32.2. The molecule has 1 aromatic heterocycles. The molecule has 0 spiro atoms. The van der Waals surface area contributed by atoms with E-state index in [1.165, 1.54) is 10.9 Å².